The van der Waals surface area contributed by atoms with Gasteiger partial charge in [0.15, 0.2) is 0 Å². The Morgan fingerprint density at radius 2 is 2.04 bits per heavy atom. The minimum atomic E-state index is -0.251. The average molecular weight is 322 g/mol. The Bertz CT molecular complexity index is 754. The Labute approximate surface area is 143 Å². The van der Waals surface area contributed by atoms with Gasteiger partial charge in [-0.1, -0.05) is 42.8 Å². The van der Waals surface area contributed by atoms with Crippen LogP contribution in [0.4, 0.5) is 4.39 Å². The smallest absolute Gasteiger partial charge is 0.141 e. The van der Waals surface area contributed by atoms with E-state index in [9.17, 15) is 4.39 Å². The molecule has 0 spiro atoms. The minimum absolute atomic E-state index is 0.251. The number of piperidine rings is 1. The average Bonchev–Trinajstić information content (AvgIpc) is 2.56. The zero-order chi connectivity index (χ0) is 16.5. The molecule has 3 heterocycles. The highest BCUT2D eigenvalue weighted by molar-refractivity contribution is 5.67. The molecule has 2 aromatic rings. The van der Waals surface area contributed by atoms with Crippen LogP contribution in [-0.2, 0) is 6.54 Å². The summed E-state index contributed by atoms with van der Waals surface area (Å²) < 4.78 is 13.4. The quantitative estimate of drug-likeness (QED) is 0.811. The van der Waals surface area contributed by atoms with Gasteiger partial charge in [0.2, 0.25) is 0 Å². The van der Waals surface area contributed by atoms with E-state index in [2.05, 4.69) is 46.3 Å². The minimum Gasteiger partial charge on any atom is -0.289 e. The molecule has 24 heavy (non-hydrogen) atoms. The first-order chi connectivity index (χ1) is 11.7. The number of hydrogen-bond acceptors (Lipinski definition) is 2. The third-order valence-electron chi connectivity index (χ3n) is 5.34. The Morgan fingerprint density at radius 1 is 1.21 bits per heavy atom. The molecule has 3 heteroatoms. The van der Waals surface area contributed by atoms with E-state index in [0.717, 1.165) is 24.2 Å². The Kier molecular flexibility index (Phi) is 4.19. The molecule has 2 atom stereocenters. The van der Waals surface area contributed by atoms with Crippen molar-refractivity contribution in [2.24, 2.45) is 0 Å². The number of pyridine rings is 1. The van der Waals surface area contributed by atoms with Gasteiger partial charge in [0.25, 0.3) is 0 Å². The van der Waals surface area contributed by atoms with E-state index in [1.807, 2.05) is 6.92 Å². The molecule has 2 bridgehead atoms. The summed E-state index contributed by atoms with van der Waals surface area (Å²) in [6.07, 6.45) is 8.47. The summed E-state index contributed by atoms with van der Waals surface area (Å²) in [5.41, 5.74) is 4.59. The molecule has 0 saturated carbocycles. The van der Waals surface area contributed by atoms with Gasteiger partial charge in [-0.15, -0.1) is 0 Å². The summed E-state index contributed by atoms with van der Waals surface area (Å²) in [4.78, 5) is 7.02. The van der Waals surface area contributed by atoms with E-state index in [4.69, 9.17) is 0 Å². The monoisotopic (exact) mass is 322 g/mol. The maximum atomic E-state index is 13.4. The van der Waals surface area contributed by atoms with Crippen molar-refractivity contribution in [1.29, 1.82) is 0 Å². The van der Waals surface area contributed by atoms with Gasteiger partial charge in [-0.2, -0.15) is 0 Å². The molecule has 1 aromatic carbocycles. The van der Waals surface area contributed by atoms with E-state index >= 15 is 0 Å². The fraction of sp³-hybridized carbons (Fsp3) is 0.381. The fourth-order valence-electron chi connectivity index (χ4n) is 4.21. The first-order valence-electron chi connectivity index (χ1n) is 8.83. The molecule has 1 fully saturated rings. The molecule has 2 aliphatic heterocycles. The van der Waals surface area contributed by atoms with Crippen LogP contribution in [0.15, 0.2) is 48.7 Å². The van der Waals surface area contributed by atoms with Crippen molar-refractivity contribution in [2.75, 3.05) is 0 Å². The van der Waals surface area contributed by atoms with Gasteiger partial charge < -0.3 is 0 Å². The number of rotatable bonds is 3. The molecule has 0 N–H and O–H groups in total. The zero-order valence-electron chi connectivity index (χ0n) is 14.1. The summed E-state index contributed by atoms with van der Waals surface area (Å²) in [6.45, 7) is 2.97. The van der Waals surface area contributed by atoms with Gasteiger partial charge >= 0.3 is 0 Å². The highest BCUT2D eigenvalue weighted by Gasteiger charge is 2.34. The molecule has 4 rings (SSSR count). The number of aromatic nitrogens is 1. The van der Waals surface area contributed by atoms with Crippen LogP contribution in [0.5, 0.6) is 0 Å². The van der Waals surface area contributed by atoms with Crippen molar-refractivity contribution < 1.29 is 4.39 Å². The number of halogens is 1. The molecule has 2 aliphatic rings. The van der Waals surface area contributed by atoms with E-state index in [1.165, 1.54) is 36.6 Å². The first kappa shape index (κ1) is 15.5. The predicted octanol–water partition coefficient (Wildman–Crippen LogP) is 4.74. The highest BCUT2D eigenvalue weighted by Crippen LogP contribution is 2.38. The summed E-state index contributed by atoms with van der Waals surface area (Å²) in [5, 5.41) is 0. The second-order valence-electron chi connectivity index (χ2n) is 7.03. The summed E-state index contributed by atoms with van der Waals surface area (Å²) in [5.74, 6) is -0.251. The van der Waals surface area contributed by atoms with Gasteiger partial charge in [0, 0.05) is 18.6 Å². The maximum Gasteiger partial charge on any atom is 0.141 e. The van der Waals surface area contributed by atoms with Gasteiger partial charge in [0.05, 0.1) is 11.9 Å². The lowest BCUT2D eigenvalue weighted by molar-refractivity contribution is 0.0950. The molecule has 124 valence electrons. The molecule has 0 aliphatic carbocycles. The lowest BCUT2D eigenvalue weighted by atomic mass is 9.83. The number of nitrogens with zero attached hydrogens (tertiary/aromatic N) is 2. The van der Waals surface area contributed by atoms with Crippen LogP contribution in [0, 0.1) is 12.7 Å². The molecule has 1 aromatic heterocycles. The van der Waals surface area contributed by atoms with Crippen molar-refractivity contribution in [3.05, 3.63) is 71.3 Å². The van der Waals surface area contributed by atoms with Gasteiger partial charge in [0.1, 0.15) is 5.82 Å². The molecule has 1 saturated heterocycles. The van der Waals surface area contributed by atoms with E-state index in [1.54, 1.807) is 6.07 Å². The SMILES string of the molecule is Cc1cc(F)cnc1C1=CC2CCCC(C1)N2Cc1ccccc1. The molecule has 2 nitrogen and oxygen atoms in total. The van der Waals surface area contributed by atoms with Gasteiger partial charge in [-0.3, -0.25) is 9.88 Å². The van der Waals surface area contributed by atoms with Crippen LogP contribution in [-0.4, -0.2) is 22.0 Å². The van der Waals surface area contributed by atoms with Crippen LogP contribution in [0.1, 0.15) is 42.5 Å². The number of benzene rings is 1. The van der Waals surface area contributed by atoms with E-state index < -0.39 is 0 Å². The summed E-state index contributed by atoms with van der Waals surface area (Å²) in [6, 6.07) is 13.3. The van der Waals surface area contributed by atoms with Crippen LogP contribution in [0.25, 0.3) is 5.57 Å². The first-order valence-corrected chi connectivity index (χ1v) is 8.83. The lowest BCUT2D eigenvalue weighted by Gasteiger charge is -2.45. The molecule has 0 amide bonds. The van der Waals surface area contributed by atoms with E-state index in [-0.39, 0.29) is 5.82 Å². The van der Waals surface area contributed by atoms with Crippen molar-refractivity contribution in [1.82, 2.24) is 9.88 Å². The molecule has 0 radical (unpaired) electrons. The van der Waals surface area contributed by atoms with Crippen molar-refractivity contribution in [2.45, 2.75) is 51.2 Å². The topological polar surface area (TPSA) is 16.1 Å². The fourth-order valence-corrected chi connectivity index (χ4v) is 4.21. The van der Waals surface area contributed by atoms with Gasteiger partial charge in [-0.05, 0) is 49.0 Å². The lowest BCUT2D eigenvalue weighted by Crippen LogP contribution is -2.47. The van der Waals surface area contributed by atoms with Crippen LogP contribution < -0.4 is 0 Å². The Hall–Kier alpha value is -2.00. The van der Waals surface area contributed by atoms with Crippen molar-refractivity contribution in [3.8, 4) is 0 Å². The third-order valence-corrected chi connectivity index (χ3v) is 5.34. The zero-order valence-corrected chi connectivity index (χ0v) is 14.1. The van der Waals surface area contributed by atoms with Gasteiger partial charge in [-0.25, -0.2) is 4.39 Å². The predicted molar refractivity (Wildman–Crippen MR) is 94.9 cm³/mol. The number of fused-ring (bicyclic) bond motifs is 2. The molecular formula is C21H23FN2. The summed E-state index contributed by atoms with van der Waals surface area (Å²) in [7, 11) is 0. The second kappa shape index (κ2) is 6.48. The van der Waals surface area contributed by atoms with Crippen molar-refractivity contribution in [3.63, 3.8) is 0 Å². The normalized spacial score (nSPS) is 23.8. The van der Waals surface area contributed by atoms with Crippen molar-refractivity contribution >= 4 is 5.57 Å². The van der Waals surface area contributed by atoms with Crippen LogP contribution in [0.3, 0.4) is 0 Å². The van der Waals surface area contributed by atoms with Crippen LogP contribution in [0.2, 0.25) is 0 Å². The third kappa shape index (κ3) is 3.01. The number of aryl methyl sites for hydroxylation is 1. The largest absolute Gasteiger partial charge is 0.289 e. The summed E-state index contributed by atoms with van der Waals surface area (Å²) >= 11 is 0. The number of hydrogen-bond donors (Lipinski definition) is 0. The second-order valence-corrected chi connectivity index (χ2v) is 7.03. The Morgan fingerprint density at radius 3 is 2.79 bits per heavy atom. The van der Waals surface area contributed by atoms with Crippen LogP contribution >= 0.6 is 0 Å². The standard InChI is InChI=1S/C21H23FN2/c1-15-10-18(22)13-23-21(15)17-11-19-8-5-9-20(12-17)24(19)14-16-6-3-2-4-7-16/h2-4,6-7,10-11,13,19-20H,5,8-9,12,14H2,1H3. The highest BCUT2D eigenvalue weighted by atomic mass is 19.1. The molecular weight excluding hydrogens is 299 g/mol. The molecule has 2 unspecified atom stereocenters. The van der Waals surface area contributed by atoms with E-state index in [0.29, 0.717) is 12.1 Å². The maximum absolute atomic E-state index is 13.4. The Balaban J connectivity index is 1.62.